The first-order chi connectivity index (χ1) is 8.96. The quantitative estimate of drug-likeness (QED) is 0.783. The Labute approximate surface area is 112 Å². The number of nitrogens with zero attached hydrogens (tertiary/aromatic N) is 3. The summed E-state index contributed by atoms with van der Waals surface area (Å²) >= 11 is 0. The van der Waals surface area contributed by atoms with Crippen molar-refractivity contribution in [3.05, 3.63) is 30.9 Å². The van der Waals surface area contributed by atoms with Gasteiger partial charge in [0.2, 0.25) is 0 Å². The van der Waals surface area contributed by atoms with Gasteiger partial charge in [-0.05, 0) is 32.9 Å². The van der Waals surface area contributed by atoms with E-state index in [9.17, 15) is 0 Å². The van der Waals surface area contributed by atoms with E-state index in [0.29, 0.717) is 17.3 Å². The van der Waals surface area contributed by atoms with Gasteiger partial charge in [-0.25, -0.2) is 9.97 Å². The highest BCUT2D eigenvalue weighted by molar-refractivity contribution is 5.77. The molecule has 0 fully saturated rings. The summed E-state index contributed by atoms with van der Waals surface area (Å²) in [7, 11) is 0. The molecule has 0 aliphatic heterocycles. The standard InChI is InChI=1S/C13H18N6/c1-13(2,3)19-12-10(14)11(16-8-17-12)18-9-5-4-6-15-7-9/h4-8H,14H2,1-3H3,(H2,16,17,18,19). The number of nitrogens with one attached hydrogen (secondary N) is 2. The van der Waals surface area contributed by atoms with E-state index in [-0.39, 0.29) is 5.54 Å². The van der Waals surface area contributed by atoms with Crippen molar-refractivity contribution in [3.8, 4) is 0 Å². The van der Waals surface area contributed by atoms with Crippen LogP contribution in [-0.4, -0.2) is 20.5 Å². The third-order valence-corrected chi connectivity index (χ3v) is 2.30. The van der Waals surface area contributed by atoms with Crippen molar-refractivity contribution in [2.45, 2.75) is 26.3 Å². The third kappa shape index (κ3) is 3.54. The first-order valence-corrected chi connectivity index (χ1v) is 6.01. The van der Waals surface area contributed by atoms with Gasteiger partial charge in [0.15, 0.2) is 11.6 Å². The summed E-state index contributed by atoms with van der Waals surface area (Å²) in [6, 6.07) is 3.74. The Morgan fingerprint density at radius 3 is 2.53 bits per heavy atom. The number of hydrogen-bond donors (Lipinski definition) is 3. The van der Waals surface area contributed by atoms with Crippen molar-refractivity contribution in [1.29, 1.82) is 0 Å². The van der Waals surface area contributed by atoms with E-state index >= 15 is 0 Å². The van der Waals surface area contributed by atoms with Gasteiger partial charge < -0.3 is 16.4 Å². The second-order valence-corrected chi connectivity index (χ2v) is 5.23. The van der Waals surface area contributed by atoms with Crippen LogP contribution in [0.5, 0.6) is 0 Å². The lowest BCUT2D eigenvalue weighted by Gasteiger charge is -2.22. The van der Waals surface area contributed by atoms with E-state index in [2.05, 4.69) is 25.6 Å². The fraction of sp³-hybridized carbons (Fsp3) is 0.308. The van der Waals surface area contributed by atoms with Gasteiger partial charge in [-0.1, -0.05) is 0 Å². The highest BCUT2D eigenvalue weighted by Crippen LogP contribution is 2.27. The van der Waals surface area contributed by atoms with Crippen LogP contribution < -0.4 is 16.4 Å². The van der Waals surface area contributed by atoms with Crippen LogP contribution in [0.2, 0.25) is 0 Å². The molecule has 2 aromatic rings. The van der Waals surface area contributed by atoms with Crippen LogP contribution in [0.4, 0.5) is 23.0 Å². The van der Waals surface area contributed by atoms with Gasteiger partial charge in [0.25, 0.3) is 0 Å². The Bertz CT molecular complexity index is 547. The van der Waals surface area contributed by atoms with E-state index in [0.717, 1.165) is 5.69 Å². The second-order valence-electron chi connectivity index (χ2n) is 5.23. The number of rotatable bonds is 3. The van der Waals surface area contributed by atoms with Crippen LogP contribution >= 0.6 is 0 Å². The fourth-order valence-corrected chi connectivity index (χ4v) is 1.52. The van der Waals surface area contributed by atoms with E-state index in [1.807, 2.05) is 32.9 Å². The smallest absolute Gasteiger partial charge is 0.159 e. The highest BCUT2D eigenvalue weighted by atomic mass is 15.1. The topological polar surface area (TPSA) is 88.8 Å². The molecule has 0 saturated heterocycles. The zero-order valence-electron chi connectivity index (χ0n) is 11.3. The average molecular weight is 258 g/mol. The van der Waals surface area contributed by atoms with E-state index in [1.165, 1.54) is 6.33 Å². The summed E-state index contributed by atoms with van der Waals surface area (Å²) < 4.78 is 0. The Morgan fingerprint density at radius 2 is 1.89 bits per heavy atom. The summed E-state index contributed by atoms with van der Waals surface area (Å²) in [5, 5.41) is 6.36. The average Bonchev–Trinajstić information content (AvgIpc) is 2.34. The molecule has 2 aromatic heterocycles. The minimum absolute atomic E-state index is 0.117. The number of nitrogens with two attached hydrogens (primary N) is 1. The minimum Gasteiger partial charge on any atom is -0.393 e. The van der Waals surface area contributed by atoms with Crippen molar-refractivity contribution in [2.75, 3.05) is 16.4 Å². The number of nitrogen functional groups attached to an aromatic ring is 1. The lowest BCUT2D eigenvalue weighted by molar-refractivity contribution is 0.630. The van der Waals surface area contributed by atoms with Crippen LogP contribution in [-0.2, 0) is 0 Å². The van der Waals surface area contributed by atoms with Crippen molar-refractivity contribution in [1.82, 2.24) is 15.0 Å². The summed E-state index contributed by atoms with van der Waals surface area (Å²) in [5.74, 6) is 1.18. The Morgan fingerprint density at radius 1 is 1.16 bits per heavy atom. The molecular formula is C13H18N6. The van der Waals surface area contributed by atoms with Crippen molar-refractivity contribution >= 4 is 23.0 Å². The predicted octanol–water partition coefficient (Wildman–Crippen LogP) is 2.41. The lowest BCUT2D eigenvalue weighted by Crippen LogP contribution is -2.27. The van der Waals surface area contributed by atoms with Gasteiger partial charge >= 0.3 is 0 Å². The number of aromatic nitrogens is 3. The maximum Gasteiger partial charge on any atom is 0.159 e. The van der Waals surface area contributed by atoms with Crippen LogP contribution in [0.25, 0.3) is 0 Å². The van der Waals surface area contributed by atoms with Gasteiger partial charge in [0, 0.05) is 11.7 Å². The normalized spacial score (nSPS) is 11.1. The molecule has 100 valence electrons. The van der Waals surface area contributed by atoms with Crippen LogP contribution in [0.1, 0.15) is 20.8 Å². The van der Waals surface area contributed by atoms with Crippen LogP contribution in [0.3, 0.4) is 0 Å². The molecular weight excluding hydrogens is 240 g/mol. The van der Waals surface area contributed by atoms with Gasteiger partial charge in [-0.2, -0.15) is 0 Å². The summed E-state index contributed by atoms with van der Waals surface area (Å²) in [4.78, 5) is 12.3. The van der Waals surface area contributed by atoms with Crippen LogP contribution in [0.15, 0.2) is 30.9 Å². The molecule has 0 spiro atoms. The molecule has 0 bridgehead atoms. The lowest BCUT2D eigenvalue weighted by atomic mass is 10.1. The maximum absolute atomic E-state index is 6.07. The fourth-order valence-electron chi connectivity index (χ4n) is 1.52. The minimum atomic E-state index is -0.117. The molecule has 0 atom stereocenters. The van der Waals surface area contributed by atoms with E-state index < -0.39 is 0 Å². The van der Waals surface area contributed by atoms with Gasteiger partial charge in [0.1, 0.15) is 12.0 Å². The van der Waals surface area contributed by atoms with E-state index in [4.69, 9.17) is 5.73 Å². The largest absolute Gasteiger partial charge is 0.393 e. The third-order valence-electron chi connectivity index (χ3n) is 2.30. The molecule has 0 aliphatic rings. The second kappa shape index (κ2) is 5.09. The molecule has 19 heavy (non-hydrogen) atoms. The van der Waals surface area contributed by atoms with Crippen molar-refractivity contribution in [3.63, 3.8) is 0 Å². The molecule has 4 N–H and O–H groups in total. The Kier molecular flexibility index (Phi) is 3.50. The Balaban J connectivity index is 2.25. The van der Waals surface area contributed by atoms with Gasteiger partial charge in [-0.15, -0.1) is 0 Å². The molecule has 0 unspecified atom stereocenters. The number of hydrogen-bond acceptors (Lipinski definition) is 6. The molecule has 6 nitrogen and oxygen atoms in total. The maximum atomic E-state index is 6.07. The monoisotopic (exact) mass is 258 g/mol. The first-order valence-electron chi connectivity index (χ1n) is 6.01. The molecule has 2 heterocycles. The van der Waals surface area contributed by atoms with Gasteiger partial charge in [-0.3, -0.25) is 4.98 Å². The Hall–Kier alpha value is -2.37. The molecule has 6 heteroatoms. The predicted molar refractivity (Wildman–Crippen MR) is 77.3 cm³/mol. The molecule has 2 rings (SSSR count). The highest BCUT2D eigenvalue weighted by Gasteiger charge is 2.15. The molecule has 0 aromatic carbocycles. The van der Waals surface area contributed by atoms with Crippen molar-refractivity contribution in [2.24, 2.45) is 0 Å². The summed E-state index contributed by atoms with van der Waals surface area (Å²) in [5.41, 5.74) is 7.27. The van der Waals surface area contributed by atoms with E-state index in [1.54, 1.807) is 12.4 Å². The van der Waals surface area contributed by atoms with Crippen molar-refractivity contribution < 1.29 is 0 Å². The zero-order valence-corrected chi connectivity index (χ0v) is 11.3. The molecule has 0 aliphatic carbocycles. The van der Waals surface area contributed by atoms with Crippen LogP contribution in [0, 0.1) is 0 Å². The zero-order chi connectivity index (χ0) is 13.9. The molecule has 0 amide bonds. The SMILES string of the molecule is CC(C)(C)Nc1ncnc(Nc2cccnc2)c1N. The van der Waals surface area contributed by atoms with Gasteiger partial charge in [0.05, 0.1) is 11.9 Å². The summed E-state index contributed by atoms with van der Waals surface area (Å²) in [6.07, 6.45) is 4.89. The first kappa shape index (κ1) is 13.1. The number of pyridine rings is 1. The molecule has 0 saturated carbocycles. The molecule has 0 radical (unpaired) electrons. The number of anilines is 4. The summed E-state index contributed by atoms with van der Waals surface area (Å²) in [6.45, 7) is 6.13.